The van der Waals surface area contributed by atoms with E-state index in [-0.39, 0.29) is 19.3 Å². The molecule has 2 rings (SSSR count). The van der Waals surface area contributed by atoms with Gasteiger partial charge in [0.1, 0.15) is 6.61 Å². The first kappa shape index (κ1) is 16.3. The average molecular weight is 307 g/mol. The van der Waals surface area contributed by atoms with Crippen molar-refractivity contribution in [3.8, 4) is 0 Å². The summed E-state index contributed by atoms with van der Waals surface area (Å²) < 4.78 is 10.5. The quantitative estimate of drug-likeness (QED) is 0.807. The first-order chi connectivity index (χ1) is 10.6. The first-order valence-corrected chi connectivity index (χ1v) is 7.48. The molecule has 1 aliphatic carbocycles. The Kier molecular flexibility index (Phi) is 6.21. The van der Waals surface area contributed by atoms with E-state index in [4.69, 9.17) is 14.6 Å². The largest absolute Gasteiger partial charge is 0.479 e. The minimum atomic E-state index is -1.07. The van der Waals surface area contributed by atoms with Crippen LogP contribution in [-0.4, -0.2) is 35.9 Å². The van der Waals surface area contributed by atoms with Crippen LogP contribution in [0.3, 0.4) is 0 Å². The molecule has 0 radical (unpaired) electrons. The summed E-state index contributed by atoms with van der Waals surface area (Å²) in [4.78, 5) is 22.8. The molecule has 0 heterocycles. The smallest absolute Gasteiger partial charge is 0.407 e. The van der Waals surface area contributed by atoms with Crippen LogP contribution < -0.4 is 5.32 Å². The zero-order valence-electron chi connectivity index (χ0n) is 12.4. The van der Waals surface area contributed by atoms with Crippen molar-refractivity contribution in [2.75, 3.05) is 6.54 Å². The van der Waals surface area contributed by atoms with Gasteiger partial charge in [0, 0.05) is 0 Å². The Balaban J connectivity index is 1.71. The van der Waals surface area contributed by atoms with Gasteiger partial charge in [-0.1, -0.05) is 43.2 Å². The van der Waals surface area contributed by atoms with Crippen LogP contribution in [0.15, 0.2) is 30.3 Å². The molecule has 0 saturated heterocycles. The van der Waals surface area contributed by atoms with E-state index >= 15 is 0 Å². The average Bonchev–Trinajstić information content (AvgIpc) is 3.03. The number of carboxylic acid groups (broad SMARTS) is 1. The fourth-order valence-corrected chi connectivity index (χ4v) is 2.40. The number of carboxylic acids is 1. The van der Waals surface area contributed by atoms with Gasteiger partial charge in [0.25, 0.3) is 0 Å². The molecule has 2 N–H and O–H groups in total. The van der Waals surface area contributed by atoms with E-state index in [1.54, 1.807) is 0 Å². The highest BCUT2D eigenvalue weighted by atomic mass is 16.6. The Morgan fingerprint density at radius 3 is 2.55 bits per heavy atom. The van der Waals surface area contributed by atoms with Crippen molar-refractivity contribution in [2.24, 2.45) is 0 Å². The number of rotatable bonds is 7. The molecule has 1 aliphatic rings. The third kappa shape index (κ3) is 5.37. The first-order valence-electron chi connectivity index (χ1n) is 7.48. The van der Waals surface area contributed by atoms with Gasteiger partial charge in [-0.3, -0.25) is 0 Å². The molecule has 1 amide bonds. The Hall–Kier alpha value is -2.08. The molecule has 0 aromatic heterocycles. The molecule has 6 heteroatoms. The Bertz CT molecular complexity index is 485. The lowest BCUT2D eigenvalue weighted by Gasteiger charge is -2.18. The molecule has 0 spiro atoms. The SMILES string of the molecule is O=C(NC[C@H](OC1CCCC1)C(=O)O)OCc1ccccc1. The summed E-state index contributed by atoms with van der Waals surface area (Å²) in [5.74, 6) is -1.07. The second-order valence-electron chi connectivity index (χ2n) is 5.31. The molecule has 1 saturated carbocycles. The van der Waals surface area contributed by atoms with E-state index in [1.165, 1.54) is 0 Å². The van der Waals surface area contributed by atoms with Gasteiger partial charge in [-0.05, 0) is 18.4 Å². The normalized spacial score (nSPS) is 16.2. The van der Waals surface area contributed by atoms with Crippen molar-refractivity contribution in [3.05, 3.63) is 35.9 Å². The van der Waals surface area contributed by atoms with Gasteiger partial charge in [-0.25, -0.2) is 9.59 Å². The maximum Gasteiger partial charge on any atom is 0.407 e. The van der Waals surface area contributed by atoms with E-state index in [9.17, 15) is 9.59 Å². The lowest BCUT2D eigenvalue weighted by Crippen LogP contribution is -2.40. The molecule has 0 aliphatic heterocycles. The van der Waals surface area contributed by atoms with Crippen LogP contribution >= 0.6 is 0 Å². The van der Waals surface area contributed by atoms with E-state index in [0.717, 1.165) is 31.2 Å². The summed E-state index contributed by atoms with van der Waals surface area (Å²) in [6, 6.07) is 9.27. The van der Waals surface area contributed by atoms with Gasteiger partial charge in [0.2, 0.25) is 0 Å². The summed E-state index contributed by atoms with van der Waals surface area (Å²) in [6.45, 7) is 0.0490. The van der Waals surface area contributed by atoms with Crippen LogP contribution in [0.2, 0.25) is 0 Å². The maximum atomic E-state index is 11.6. The van der Waals surface area contributed by atoms with Crippen LogP contribution in [0.4, 0.5) is 4.79 Å². The van der Waals surface area contributed by atoms with Gasteiger partial charge in [0.05, 0.1) is 12.6 Å². The van der Waals surface area contributed by atoms with Crippen LogP contribution in [0, 0.1) is 0 Å². The second kappa shape index (κ2) is 8.38. The standard InChI is InChI=1S/C16H21NO5/c18-15(19)14(22-13-8-4-5-9-13)10-17-16(20)21-11-12-6-2-1-3-7-12/h1-3,6-7,13-14H,4-5,8-11H2,(H,17,20)(H,18,19)/t14-/m0/s1. The molecule has 6 nitrogen and oxygen atoms in total. The molecule has 0 unspecified atom stereocenters. The van der Waals surface area contributed by atoms with Crippen molar-refractivity contribution < 1.29 is 24.2 Å². The fourth-order valence-electron chi connectivity index (χ4n) is 2.40. The van der Waals surface area contributed by atoms with Crippen molar-refractivity contribution in [2.45, 2.75) is 44.5 Å². The highest BCUT2D eigenvalue weighted by molar-refractivity contribution is 5.74. The highest BCUT2D eigenvalue weighted by Gasteiger charge is 2.25. The van der Waals surface area contributed by atoms with Gasteiger partial charge in [-0.2, -0.15) is 0 Å². The summed E-state index contributed by atoms with van der Waals surface area (Å²) in [6.07, 6.45) is 2.16. The van der Waals surface area contributed by atoms with Crippen LogP contribution in [0.1, 0.15) is 31.2 Å². The molecule has 120 valence electrons. The van der Waals surface area contributed by atoms with Crippen LogP contribution in [0.25, 0.3) is 0 Å². The summed E-state index contributed by atoms with van der Waals surface area (Å²) in [5.41, 5.74) is 0.870. The third-order valence-corrected chi connectivity index (χ3v) is 3.58. The van der Waals surface area contributed by atoms with E-state index in [2.05, 4.69) is 5.32 Å². The number of hydrogen-bond acceptors (Lipinski definition) is 4. The van der Waals surface area contributed by atoms with Crippen LogP contribution in [0.5, 0.6) is 0 Å². The number of hydrogen-bond donors (Lipinski definition) is 2. The maximum absolute atomic E-state index is 11.6. The number of nitrogens with one attached hydrogen (secondary N) is 1. The molecule has 1 aromatic rings. The van der Waals surface area contributed by atoms with Crippen molar-refractivity contribution in [1.29, 1.82) is 0 Å². The highest BCUT2D eigenvalue weighted by Crippen LogP contribution is 2.22. The molecule has 1 aromatic carbocycles. The predicted molar refractivity (Wildman–Crippen MR) is 79.4 cm³/mol. The predicted octanol–water partition coefficient (Wildman–Crippen LogP) is 2.33. The molecular weight excluding hydrogens is 286 g/mol. The molecular formula is C16H21NO5. The van der Waals surface area contributed by atoms with Crippen molar-refractivity contribution in [1.82, 2.24) is 5.32 Å². The van der Waals surface area contributed by atoms with E-state index in [1.807, 2.05) is 30.3 Å². The minimum Gasteiger partial charge on any atom is -0.479 e. The van der Waals surface area contributed by atoms with E-state index < -0.39 is 18.2 Å². The second-order valence-corrected chi connectivity index (χ2v) is 5.31. The Morgan fingerprint density at radius 1 is 1.23 bits per heavy atom. The number of ether oxygens (including phenoxy) is 2. The van der Waals surface area contributed by atoms with Gasteiger partial charge in [0.15, 0.2) is 6.10 Å². The van der Waals surface area contributed by atoms with Crippen LogP contribution in [-0.2, 0) is 20.9 Å². The Morgan fingerprint density at radius 2 is 1.91 bits per heavy atom. The number of carbonyl (C=O) groups excluding carboxylic acids is 1. The summed E-state index contributed by atoms with van der Waals surface area (Å²) in [7, 11) is 0. The zero-order chi connectivity index (χ0) is 15.8. The summed E-state index contributed by atoms with van der Waals surface area (Å²) >= 11 is 0. The number of aliphatic carboxylic acids is 1. The molecule has 22 heavy (non-hydrogen) atoms. The lowest BCUT2D eigenvalue weighted by molar-refractivity contribution is -0.153. The number of benzene rings is 1. The lowest BCUT2D eigenvalue weighted by atomic mass is 10.2. The van der Waals surface area contributed by atoms with E-state index in [0.29, 0.717) is 0 Å². The molecule has 0 bridgehead atoms. The van der Waals surface area contributed by atoms with Gasteiger partial charge >= 0.3 is 12.1 Å². The van der Waals surface area contributed by atoms with Crippen molar-refractivity contribution in [3.63, 3.8) is 0 Å². The van der Waals surface area contributed by atoms with Gasteiger partial charge < -0.3 is 19.9 Å². The molecule has 1 fully saturated rings. The Labute approximate surface area is 129 Å². The monoisotopic (exact) mass is 307 g/mol. The number of amides is 1. The summed E-state index contributed by atoms with van der Waals surface area (Å²) in [5, 5.41) is 11.6. The zero-order valence-corrected chi connectivity index (χ0v) is 12.4. The number of alkyl carbamates (subject to hydrolysis) is 1. The molecule has 1 atom stereocenters. The van der Waals surface area contributed by atoms with Crippen molar-refractivity contribution >= 4 is 12.1 Å². The fraction of sp³-hybridized carbons (Fsp3) is 0.500. The minimum absolute atomic E-state index is 0.0248. The third-order valence-electron chi connectivity index (χ3n) is 3.58. The van der Waals surface area contributed by atoms with Gasteiger partial charge in [-0.15, -0.1) is 0 Å². The topological polar surface area (TPSA) is 84.9 Å². The number of carbonyl (C=O) groups is 2.